The first-order valence-corrected chi connectivity index (χ1v) is 7.14. The van der Waals surface area contributed by atoms with E-state index in [1.165, 1.54) is 25.7 Å². The summed E-state index contributed by atoms with van der Waals surface area (Å²) in [5.74, 6) is 1.51. The van der Waals surface area contributed by atoms with Crippen LogP contribution in [-0.2, 0) is 0 Å². The van der Waals surface area contributed by atoms with Crippen LogP contribution in [0.4, 0.5) is 0 Å². The Kier molecular flexibility index (Phi) is 3.89. The highest BCUT2D eigenvalue weighted by Crippen LogP contribution is 2.32. The average Bonchev–Trinajstić information content (AvgIpc) is 2.97. The Balaban J connectivity index is 1.60. The highest BCUT2D eigenvalue weighted by Gasteiger charge is 2.18. The maximum Gasteiger partial charge on any atom is 0.161 e. The lowest BCUT2D eigenvalue weighted by atomic mass is 10.1. The van der Waals surface area contributed by atoms with Gasteiger partial charge in [-0.2, -0.15) is 0 Å². The molecule has 1 aliphatic carbocycles. The van der Waals surface area contributed by atoms with Crippen molar-refractivity contribution in [1.29, 1.82) is 0 Å². The lowest BCUT2D eigenvalue weighted by Crippen LogP contribution is -2.30. The summed E-state index contributed by atoms with van der Waals surface area (Å²) in [7, 11) is 0. The molecule has 2 aliphatic rings. The van der Waals surface area contributed by atoms with Crippen molar-refractivity contribution in [2.75, 3.05) is 19.8 Å². The van der Waals surface area contributed by atoms with Crippen LogP contribution in [0.3, 0.4) is 0 Å². The van der Waals surface area contributed by atoms with Crippen LogP contribution >= 0.6 is 0 Å². The number of ether oxygens (including phenoxy) is 2. The third-order valence-corrected chi connectivity index (χ3v) is 3.91. The van der Waals surface area contributed by atoms with Crippen LogP contribution in [0.5, 0.6) is 11.5 Å². The Morgan fingerprint density at radius 1 is 1.16 bits per heavy atom. The molecule has 1 saturated carbocycles. The van der Waals surface area contributed by atoms with Crippen molar-refractivity contribution >= 4 is 0 Å². The molecule has 0 saturated heterocycles. The van der Waals surface area contributed by atoms with E-state index in [2.05, 4.69) is 5.32 Å². The summed E-state index contributed by atoms with van der Waals surface area (Å²) in [5, 5.41) is 13.7. The zero-order chi connectivity index (χ0) is 13.1. The predicted octanol–water partition coefficient (Wildman–Crippen LogP) is 2.02. The lowest BCUT2D eigenvalue weighted by molar-refractivity contribution is 0.161. The van der Waals surface area contributed by atoms with E-state index < -0.39 is 6.10 Å². The molecule has 0 radical (unpaired) electrons. The summed E-state index contributed by atoms with van der Waals surface area (Å²) < 4.78 is 11.0. The zero-order valence-electron chi connectivity index (χ0n) is 11.1. The molecule has 0 amide bonds. The fourth-order valence-corrected chi connectivity index (χ4v) is 2.79. The van der Waals surface area contributed by atoms with Gasteiger partial charge in [-0.3, -0.25) is 0 Å². The molecular formula is C15H21NO3. The molecule has 104 valence electrons. The first kappa shape index (κ1) is 12.8. The van der Waals surface area contributed by atoms with Gasteiger partial charge < -0.3 is 19.9 Å². The molecule has 0 aromatic heterocycles. The summed E-state index contributed by atoms with van der Waals surface area (Å²) in [4.78, 5) is 0. The third-order valence-electron chi connectivity index (χ3n) is 3.91. The van der Waals surface area contributed by atoms with Crippen molar-refractivity contribution in [2.45, 2.75) is 37.8 Å². The zero-order valence-corrected chi connectivity index (χ0v) is 11.1. The van der Waals surface area contributed by atoms with Gasteiger partial charge in [0.1, 0.15) is 13.2 Å². The van der Waals surface area contributed by atoms with Crippen LogP contribution in [-0.4, -0.2) is 30.9 Å². The quantitative estimate of drug-likeness (QED) is 0.872. The Morgan fingerprint density at radius 3 is 2.68 bits per heavy atom. The van der Waals surface area contributed by atoms with Crippen LogP contribution in [0, 0.1) is 0 Å². The maximum atomic E-state index is 10.2. The molecule has 3 rings (SSSR count). The molecular weight excluding hydrogens is 242 g/mol. The Hall–Kier alpha value is -1.26. The van der Waals surface area contributed by atoms with Gasteiger partial charge in [0.15, 0.2) is 11.5 Å². The second kappa shape index (κ2) is 5.80. The molecule has 1 aromatic rings. The second-order valence-electron chi connectivity index (χ2n) is 5.31. The highest BCUT2D eigenvalue weighted by atomic mass is 16.6. The van der Waals surface area contributed by atoms with Crippen LogP contribution in [0.25, 0.3) is 0 Å². The maximum absolute atomic E-state index is 10.2. The van der Waals surface area contributed by atoms with Crippen LogP contribution in [0.1, 0.15) is 37.4 Å². The Labute approximate surface area is 113 Å². The summed E-state index contributed by atoms with van der Waals surface area (Å²) in [5.41, 5.74) is 0.884. The predicted molar refractivity (Wildman–Crippen MR) is 72.7 cm³/mol. The molecule has 4 nitrogen and oxygen atoms in total. The third kappa shape index (κ3) is 3.01. The summed E-state index contributed by atoms with van der Waals surface area (Å²) >= 11 is 0. The number of aliphatic hydroxyl groups is 1. The topological polar surface area (TPSA) is 50.7 Å². The molecule has 1 fully saturated rings. The fraction of sp³-hybridized carbons (Fsp3) is 0.600. The number of benzene rings is 1. The molecule has 2 N–H and O–H groups in total. The number of hydrogen-bond donors (Lipinski definition) is 2. The van der Waals surface area contributed by atoms with E-state index in [0.29, 0.717) is 25.8 Å². The Bertz CT molecular complexity index is 429. The van der Waals surface area contributed by atoms with E-state index in [1.54, 1.807) is 0 Å². The molecule has 19 heavy (non-hydrogen) atoms. The SMILES string of the molecule is OC(CNC1CCCC1)c1ccc2c(c1)OCCO2. The molecule has 1 aromatic carbocycles. The first-order valence-electron chi connectivity index (χ1n) is 7.14. The van der Waals surface area contributed by atoms with Crippen LogP contribution < -0.4 is 14.8 Å². The van der Waals surface area contributed by atoms with E-state index in [1.807, 2.05) is 18.2 Å². The summed E-state index contributed by atoms with van der Waals surface area (Å²) in [6.45, 7) is 1.77. The van der Waals surface area contributed by atoms with Gasteiger partial charge in [-0.25, -0.2) is 0 Å². The van der Waals surface area contributed by atoms with Crippen molar-refractivity contribution in [1.82, 2.24) is 5.32 Å². The van der Waals surface area contributed by atoms with E-state index >= 15 is 0 Å². The van der Waals surface area contributed by atoms with E-state index in [-0.39, 0.29) is 0 Å². The van der Waals surface area contributed by atoms with E-state index in [4.69, 9.17) is 9.47 Å². The minimum Gasteiger partial charge on any atom is -0.486 e. The largest absolute Gasteiger partial charge is 0.486 e. The van der Waals surface area contributed by atoms with Crippen molar-refractivity contribution in [3.8, 4) is 11.5 Å². The smallest absolute Gasteiger partial charge is 0.161 e. The minimum absolute atomic E-state index is 0.489. The van der Waals surface area contributed by atoms with Crippen molar-refractivity contribution < 1.29 is 14.6 Å². The molecule has 4 heteroatoms. The minimum atomic E-state index is -0.489. The van der Waals surface area contributed by atoms with Crippen molar-refractivity contribution in [2.24, 2.45) is 0 Å². The normalized spacial score (nSPS) is 20.5. The number of rotatable bonds is 4. The van der Waals surface area contributed by atoms with Gasteiger partial charge in [0.05, 0.1) is 6.10 Å². The molecule has 0 bridgehead atoms. The monoisotopic (exact) mass is 263 g/mol. The van der Waals surface area contributed by atoms with E-state index in [0.717, 1.165) is 17.1 Å². The van der Waals surface area contributed by atoms with Gasteiger partial charge >= 0.3 is 0 Å². The van der Waals surface area contributed by atoms with Gasteiger partial charge in [0.25, 0.3) is 0 Å². The molecule has 1 unspecified atom stereocenters. The number of fused-ring (bicyclic) bond motifs is 1. The van der Waals surface area contributed by atoms with Gasteiger partial charge in [-0.05, 0) is 30.5 Å². The Morgan fingerprint density at radius 2 is 1.89 bits per heavy atom. The van der Waals surface area contributed by atoms with E-state index in [9.17, 15) is 5.11 Å². The lowest BCUT2D eigenvalue weighted by Gasteiger charge is -2.21. The van der Waals surface area contributed by atoms with Crippen molar-refractivity contribution in [3.05, 3.63) is 23.8 Å². The number of hydrogen-bond acceptors (Lipinski definition) is 4. The average molecular weight is 263 g/mol. The van der Waals surface area contributed by atoms with Crippen LogP contribution in [0.2, 0.25) is 0 Å². The van der Waals surface area contributed by atoms with Gasteiger partial charge in [-0.1, -0.05) is 18.9 Å². The summed E-state index contributed by atoms with van der Waals surface area (Å²) in [6, 6.07) is 6.25. The van der Waals surface area contributed by atoms with Gasteiger partial charge in [-0.15, -0.1) is 0 Å². The van der Waals surface area contributed by atoms with Gasteiger partial charge in [0, 0.05) is 12.6 Å². The molecule has 0 spiro atoms. The molecule has 1 atom stereocenters. The fourth-order valence-electron chi connectivity index (χ4n) is 2.79. The molecule has 1 aliphatic heterocycles. The van der Waals surface area contributed by atoms with Gasteiger partial charge in [0.2, 0.25) is 0 Å². The van der Waals surface area contributed by atoms with Crippen molar-refractivity contribution in [3.63, 3.8) is 0 Å². The standard InChI is InChI=1S/C15H21NO3/c17-13(10-16-12-3-1-2-4-12)11-5-6-14-15(9-11)19-8-7-18-14/h5-6,9,12-13,16-17H,1-4,7-8,10H2. The first-order chi connectivity index (χ1) is 9.33. The molecule has 1 heterocycles. The summed E-state index contributed by atoms with van der Waals surface area (Å²) in [6.07, 6.45) is 4.58. The number of nitrogens with one attached hydrogen (secondary N) is 1. The highest BCUT2D eigenvalue weighted by molar-refractivity contribution is 5.44. The number of aliphatic hydroxyl groups excluding tert-OH is 1. The van der Waals surface area contributed by atoms with Crippen LogP contribution in [0.15, 0.2) is 18.2 Å². The second-order valence-corrected chi connectivity index (χ2v) is 5.31.